The molecule has 0 aromatic heterocycles. The number of hydrogen-bond acceptors (Lipinski definition) is 5. The molecule has 0 fully saturated rings. The van der Waals surface area contributed by atoms with E-state index in [2.05, 4.69) is 36.0 Å². The second kappa shape index (κ2) is 7.09. The molecular weight excluding hydrogens is 379 g/mol. The highest BCUT2D eigenvalue weighted by atomic mass is 32.2. The molecule has 8 heteroatoms. The van der Waals surface area contributed by atoms with Crippen molar-refractivity contribution >= 4 is 21.5 Å². The van der Waals surface area contributed by atoms with Crippen molar-refractivity contribution in [2.75, 3.05) is 11.8 Å². The number of nitrogens with one attached hydrogen (secondary N) is 2. The highest BCUT2D eigenvalue weighted by Crippen LogP contribution is 2.27. The number of benzene rings is 2. The lowest BCUT2D eigenvalue weighted by Gasteiger charge is -2.21. The Kier molecular flexibility index (Phi) is 5.10. The van der Waals surface area contributed by atoms with Crippen LogP contribution in [0.15, 0.2) is 52.5 Å². The summed E-state index contributed by atoms with van der Waals surface area (Å²) < 4.78 is 42.1. The van der Waals surface area contributed by atoms with Crippen molar-refractivity contribution in [2.45, 2.75) is 44.2 Å². The number of hydrazone groups is 1. The first-order valence-electron chi connectivity index (χ1n) is 8.98. The van der Waals surface area contributed by atoms with Crippen LogP contribution >= 0.6 is 0 Å². The highest BCUT2D eigenvalue weighted by molar-refractivity contribution is 7.92. The largest absolute Gasteiger partial charge is 0.336 e. The molecule has 1 aliphatic rings. The zero-order valence-electron chi connectivity index (χ0n) is 16.6. The third kappa shape index (κ3) is 3.96. The third-order valence-corrected chi connectivity index (χ3v) is 6.15. The Hall–Kier alpha value is -2.61. The predicted octanol–water partition coefficient (Wildman–Crippen LogP) is 3.47. The van der Waals surface area contributed by atoms with Crippen LogP contribution in [0.5, 0.6) is 0 Å². The van der Waals surface area contributed by atoms with Crippen LogP contribution in [-0.4, -0.2) is 32.4 Å². The van der Waals surface area contributed by atoms with Gasteiger partial charge in [0.05, 0.1) is 10.6 Å². The molecule has 150 valence electrons. The van der Waals surface area contributed by atoms with E-state index >= 15 is 0 Å². The normalized spacial score (nSPS) is 17.3. The molecule has 28 heavy (non-hydrogen) atoms. The van der Waals surface area contributed by atoms with Crippen LogP contribution in [0.3, 0.4) is 0 Å². The van der Waals surface area contributed by atoms with E-state index in [1.54, 1.807) is 24.3 Å². The second-order valence-electron chi connectivity index (χ2n) is 7.92. The molecule has 0 spiro atoms. The molecular formula is C20H25FN4O2S. The summed E-state index contributed by atoms with van der Waals surface area (Å²) in [5.41, 5.74) is 4.50. The first kappa shape index (κ1) is 20.1. The Labute approximate surface area is 165 Å². The summed E-state index contributed by atoms with van der Waals surface area (Å²) in [6.07, 6.45) is -0.0468. The Balaban J connectivity index is 1.96. The molecule has 6 nitrogen and oxygen atoms in total. The minimum Gasteiger partial charge on any atom is -0.336 e. The molecule has 2 aromatic rings. The van der Waals surface area contributed by atoms with Crippen LogP contribution in [0.1, 0.15) is 38.8 Å². The minimum atomic E-state index is -3.89. The van der Waals surface area contributed by atoms with E-state index in [0.29, 0.717) is 11.4 Å². The van der Waals surface area contributed by atoms with E-state index in [-0.39, 0.29) is 22.2 Å². The van der Waals surface area contributed by atoms with Gasteiger partial charge in [-0.3, -0.25) is 10.1 Å². The molecule has 3 rings (SSSR count). The molecule has 1 atom stereocenters. The summed E-state index contributed by atoms with van der Waals surface area (Å²) in [6.45, 7) is 8.09. The summed E-state index contributed by atoms with van der Waals surface area (Å²) in [4.78, 5) is 1.97. The Morgan fingerprint density at radius 1 is 1.14 bits per heavy atom. The molecule has 0 radical (unpaired) electrons. The van der Waals surface area contributed by atoms with E-state index in [1.165, 1.54) is 12.1 Å². The smallest absolute Gasteiger partial charge is 0.261 e. The average molecular weight is 405 g/mol. The molecule has 0 bridgehead atoms. The lowest BCUT2D eigenvalue weighted by Crippen LogP contribution is -2.35. The van der Waals surface area contributed by atoms with Crippen molar-refractivity contribution in [1.82, 2.24) is 10.3 Å². The summed E-state index contributed by atoms with van der Waals surface area (Å²) >= 11 is 0. The second-order valence-corrected chi connectivity index (χ2v) is 9.60. The Bertz CT molecular complexity index is 1010. The molecule has 1 aliphatic heterocycles. The van der Waals surface area contributed by atoms with E-state index in [9.17, 15) is 12.8 Å². The number of anilines is 1. The lowest BCUT2D eigenvalue weighted by molar-refractivity contribution is 0.376. The standard InChI is InChI=1S/C20H25FN4O2S/c1-13-22-23-19(25(13)5)17-11-8-15(21)12-18(17)24-28(26,27)16-9-6-14(7-10-16)20(2,3)4/h6-13,22,24H,1-5H3. The van der Waals surface area contributed by atoms with Crippen LogP contribution in [-0.2, 0) is 15.4 Å². The van der Waals surface area contributed by atoms with Gasteiger partial charge >= 0.3 is 0 Å². The van der Waals surface area contributed by atoms with Crippen molar-refractivity contribution in [1.29, 1.82) is 0 Å². The van der Waals surface area contributed by atoms with Crippen molar-refractivity contribution in [3.05, 3.63) is 59.4 Å². The van der Waals surface area contributed by atoms with Gasteiger partial charge in [0.1, 0.15) is 12.0 Å². The molecule has 0 aliphatic carbocycles. The summed E-state index contributed by atoms with van der Waals surface area (Å²) in [5, 5.41) is 4.23. The number of sulfonamides is 1. The fourth-order valence-corrected chi connectivity index (χ4v) is 3.96. The van der Waals surface area contributed by atoms with E-state index < -0.39 is 15.8 Å². The fraction of sp³-hybridized carbons (Fsp3) is 0.350. The zero-order chi connectivity index (χ0) is 20.7. The van der Waals surface area contributed by atoms with Gasteiger partial charge in [-0.15, -0.1) is 0 Å². The first-order valence-corrected chi connectivity index (χ1v) is 10.5. The predicted molar refractivity (Wildman–Crippen MR) is 109 cm³/mol. The maximum Gasteiger partial charge on any atom is 0.261 e. The van der Waals surface area contributed by atoms with Crippen LogP contribution < -0.4 is 10.1 Å². The van der Waals surface area contributed by atoms with E-state index in [4.69, 9.17) is 0 Å². The fourth-order valence-electron chi connectivity index (χ4n) is 2.89. The van der Waals surface area contributed by atoms with Crippen molar-refractivity contribution in [2.24, 2.45) is 5.10 Å². The van der Waals surface area contributed by atoms with Gasteiger partial charge < -0.3 is 4.90 Å². The SMILES string of the molecule is CC1NN=C(c2ccc(F)cc2NS(=O)(=O)c2ccc(C(C)(C)C)cc2)N1C. The minimum absolute atomic E-state index is 0.0468. The Morgan fingerprint density at radius 3 is 2.32 bits per heavy atom. The van der Waals surface area contributed by atoms with Crippen LogP contribution in [0.2, 0.25) is 0 Å². The van der Waals surface area contributed by atoms with Gasteiger partial charge in [-0.1, -0.05) is 32.9 Å². The summed E-state index contributed by atoms with van der Waals surface area (Å²) in [6, 6.07) is 10.7. The maximum atomic E-state index is 13.9. The number of amidine groups is 1. The summed E-state index contributed by atoms with van der Waals surface area (Å²) in [7, 11) is -2.06. The topological polar surface area (TPSA) is 73.8 Å². The average Bonchev–Trinajstić information content (AvgIpc) is 2.93. The van der Waals surface area contributed by atoms with Gasteiger partial charge in [-0.2, -0.15) is 5.10 Å². The lowest BCUT2D eigenvalue weighted by atomic mass is 9.87. The van der Waals surface area contributed by atoms with E-state index in [1.807, 2.05) is 18.9 Å². The molecule has 0 amide bonds. The van der Waals surface area contributed by atoms with Crippen LogP contribution in [0.4, 0.5) is 10.1 Å². The van der Waals surface area contributed by atoms with Gasteiger partial charge in [0, 0.05) is 12.6 Å². The van der Waals surface area contributed by atoms with Crippen molar-refractivity contribution in [3.8, 4) is 0 Å². The summed E-state index contributed by atoms with van der Waals surface area (Å²) in [5.74, 6) is 0.0000636. The molecule has 1 heterocycles. The van der Waals surface area contributed by atoms with Gasteiger partial charge in [-0.05, 0) is 48.2 Å². The van der Waals surface area contributed by atoms with Gasteiger partial charge in [0.25, 0.3) is 10.0 Å². The van der Waals surface area contributed by atoms with Crippen molar-refractivity contribution < 1.29 is 12.8 Å². The van der Waals surface area contributed by atoms with Crippen LogP contribution in [0, 0.1) is 5.82 Å². The molecule has 0 saturated heterocycles. The van der Waals surface area contributed by atoms with Crippen molar-refractivity contribution in [3.63, 3.8) is 0 Å². The zero-order valence-corrected chi connectivity index (χ0v) is 17.4. The van der Waals surface area contributed by atoms with Gasteiger partial charge in [-0.25, -0.2) is 12.8 Å². The van der Waals surface area contributed by atoms with Crippen LogP contribution in [0.25, 0.3) is 0 Å². The third-order valence-electron chi connectivity index (χ3n) is 4.77. The quantitative estimate of drug-likeness (QED) is 0.818. The monoisotopic (exact) mass is 404 g/mol. The number of halogens is 1. The molecule has 0 saturated carbocycles. The van der Waals surface area contributed by atoms with Gasteiger partial charge in [0.15, 0.2) is 5.84 Å². The molecule has 1 unspecified atom stereocenters. The highest BCUT2D eigenvalue weighted by Gasteiger charge is 2.26. The number of nitrogens with zero attached hydrogens (tertiary/aromatic N) is 2. The molecule has 2 aromatic carbocycles. The molecule has 2 N–H and O–H groups in total. The maximum absolute atomic E-state index is 13.9. The van der Waals surface area contributed by atoms with E-state index in [0.717, 1.165) is 11.6 Å². The Morgan fingerprint density at radius 2 is 1.79 bits per heavy atom. The first-order chi connectivity index (χ1) is 13.0. The number of hydrogen-bond donors (Lipinski definition) is 2. The number of rotatable bonds is 4. The van der Waals surface area contributed by atoms with Gasteiger partial charge in [0.2, 0.25) is 0 Å².